The average Bonchev–Trinajstić information content (AvgIpc) is 3.09. The molecule has 0 aromatic rings. The summed E-state index contributed by atoms with van der Waals surface area (Å²) in [6.07, 6.45) is 49.6. The molecule has 0 saturated heterocycles. The van der Waals surface area contributed by atoms with Gasteiger partial charge in [0.25, 0.3) is 0 Å². The Bertz CT molecular complexity index is 805. The van der Waals surface area contributed by atoms with Crippen LogP contribution < -0.4 is 5.32 Å². The number of nitrogens with one attached hydrogen (secondary N) is 1. The number of amides is 1. The first-order chi connectivity index (χ1) is 24.0. The van der Waals surface area contributed by atoms with Crippen LogP contribution in [0.4, 0.5) is 0 Å². The van der Waals surface area contributed by atoms with Gasteiger partial charge in [-0.15, -0.1) is 0 Å². The molecule has 49 heavy (non-hydrogen) atoms. The molecule has 0 aliphatic rings. The van der Waals surface area contributed by atoms with Crippen LogP contribution in [0.1, 0.15) is 200 Å². The van der Waals surface area contributed by atoms with Gasteiger partial charge in [0.1, 0.15) is 0 Å². The van der Waals surface area contributed by atoms with Crippen LogP contribution in [-0.4, -0.2) is 46.1 Å². The maximum atomic E-state index is 12.4. The Balaban J connectivity index is 3.80. The summed E-state index contributed by atoms with van der Waals surface area (Å²) in [4.78, 5) is 12.4. The largest absolute Gasteiger partial charge is 0.394 e. The van der Waals surface area contributed by atoms with E-state index in [0.29, 0.717) is 6.42 Å². The number of hydrogen-bond donors (Lipinski definition) is 4. The Hall–Kier alpha value is -1.69. The summed E-state index contributed by atoms with van der Waals surface area (Å²) in [6.45, 7) is 4.18. The molecule has 286 valence electrons. The van der Waals surface area contributed by atoms with Gasteiger partial charge in [-0.1, -0.05) is 172 Å². The molecule has 5 heteroatoms. The number of carbonyl (C=O) groups is 1. The van der Waals surface area contributed by atoms with E-state index in [-0.39, 0.29) is 18.9 Å². The molecule has 0 aromatic heterocycles. The van der Waals surface area contributed by atoms with Crippen molar-refractivity contribution in [1.29, 1.82) is 0 Å². The fraction of sp³-hybridized carbons (Fsp3) is 0.795. The van der Waals surface area contributed by atoms with Crippen molar-refractivity contribution in [3.05, 3.63) is 48.6 Å². The van der Waals surface area contributed by atoms with Gasteiger partial charge in [-0.3, -0.25) is 4.79 Å². The average molecular weight is 688 g/mol. The molecule has 0 aliphatic carbocycles. The monoisotopic (exact) mass is 688 g/mol. The molecule has 0 heterocycles. The van der Waals surface area contributed by atoms with Gasteiger partial charge < -0.3 is 20.6 Å². The molecular formula is C44H81NO4. The molecule has 4 N–H and O–H groups in total. The Morgan fingerprint density at radius 3 is 1.31 bits per heavy atom. The topological polar surface area (TPSA) is 89.8 Å². The summed E-state index contributed by atoms with van der Waals surface area (Å²) in [6, 6.07) is -0.772. The predicted molar refractivity (Wildman–Crippen MR) is 213 cm³/mol. The summed E-state index contributed by atoms with van der Waals surface area (Å²) >= 11 is 0. The minimum Gasteiger partial charge on any atom is -0.394 e. The van der Waals surface area contributed by atoms with Crippen LogP contribution in [0, 0.1) is 0 Å². The van der Waals surface area contributed by atoms with Gasteiger partial charge in [-0.2, -0.15) is 0 Å². The van der Waals surface area contributed by atoms with Crippen molar-refractivity contribution in [2.75, 3.05) is 6.61 Å². The summed E-state index contributed by atoms with van der Waals surface area (Å²) in [7, 11) is 0. The molecule has 1 amide bonds. The highest BCUT2D eigenvalue weighted by Gasteiger charge is 2.20. The molecule has 3 atom stereocenters. The van der Waals surface area contributed by atoms with E-state index in [1.165, 1.54) is 122 Å². The molecule has 0 fully saturated rings. The highest BCUT2D eigenvalue weighted by molar-refractivity contribution is 5.76. The van der Waals surface area contributed by atoms with E-state index in [0.717, 1.165) is 51.4 Å². The number of unbranched alkanes of at least 4 members (excludes halogenated alkanes) is 22. The van der Waals surface area contributed by atoms with Crippen LogP contribution in [0.5, 0.6) is 0 Å². The van der Waals surface area contributed by atoms with Crippen molar-refractivity contribution in [3.8, 4) is 0 Å². The molecular weight excluding hydrogens is 606 g/mol. The normalized spacial score (nSPS) is 14.1. The van der Waals surface area contributed by atoms with Crippen molar-refractivity contribution in [1.82, 2.24) is 5.32 Å². The Morgan fingerprint density at radius 2 is 0.878 bits per heavy atom. The van der Waals surface area contributed by atoms with Crippen LogP contribution in [0.2, 0.25) is 0 Å². The fourth-order valence-corrected chi connectivity index (χ4v) is 6.07. The number of allylic oxidation sites excluding steroid dienone is 7. The van der Waals surface area contributed by atoms with Gasteiger partial charge in [0, 0.05) is 0 Å². The first kappa shape index (κ1) is 47.3. The van der Waals surface area contributed by atoms with Gasteiger partial charge in [-0.05, 0) is 70.6 Å². The predicted octanol–water partition coefficient (Wildman–Crippen LogP) is 11.8. The van der Waals surface area contributed by atoms with Crippen molar-refractivity contribution in [2.45, 2.75) is 218 Å². The van der Waals surface area contributed by atoms with Crippen LogP contribution in [0.3, 0.4) is 0 Å². The van der Waals surface area contributed by atoms with Crippen molar-refractivity contribution in [3.63, 3.8) is 0 Å². The lowest BCUT2D eigenvalue weighted by Gasteiger charge is -2.20. The van der Waals surface area contributed by atoms with Crippen molar-refractivity contribution >= 4 is 5.91 Å². The van der Waals surface area contributed by atoms with Gasteiger partial charge in [0.2, 0.25) is 5.91 Å². The zero-order chi connectivity index (χ0) is 35.9. The molecule has 0 rings (SSSR count). The quantitative estimate of drug-likeness (QED) is 0.0386. The SMILES string of the molecule is CCCCCCCCC/C=C\CCCCCC(O)CC(=O)NC(CO)C(O)/C=C/CC/C=C/CC/C=C/CCCCCCCCCCCC. The van der Waals surface area contributed by atoms with E-state index in [1.54, 1.807) is 6.08 Å². The van der Waals surface area contributed by atoms with E-state index in [1.807, 2.05) is 6.08 Å². The highest BCUT2D eigenvalue weighted by atomic mass is 16.3. The first-order valence-electron chi connectivity index (χ1n) is 20.9. The Morgan fingerprint density at radius 1 is 0.510 bits per heavy atom. The van der Waals surface area contributed by atoms with Crippen molar-refractivity contribution in [2.24, 2.45) is 0 Å². The van der Waals surface area contributed by atoms with Gasteiger partial charge >= 0.3 is 0 Å². The van der Waals surface area contributed by atoms with Gasteiger partial charge in [-0.25, -0.2) is 0 Å². The van der Waals surface area contributed by atoms with E-state index < -0.39 is 18.2 Å². The standard InChI is InChI=1S/C44H81NO4/c1-3-5-7-9-11-13-15-17-19-20-21-22-23-24-26-28-30-32-34-36-38-43(48)42(40-46)45-44(49)39-41(47)37-35-33-31-29-27-25-18-16-14-12-10-8-6-4-2/h22-23,25,27-28,30,36,38,41-43,46-48H,3-21,24,26,29,31-35,37,39-40H2,1-2H3,(H,45,49)/b23-22+,27-25-,30-28+,38-36+. The number of carbonyl (C=O) groups excluding carboxylic acids is 1. The summed E-state index contributed by atoms with van der Waals surface area (Å²) in [5.41, 5.74) is 0. The second-order valence-corrected chi connectivity index (χ2v) is 14.2. The van der Waals surface area contributed by atoms with Gasteiger partial charge in [0.05, 0.1) is 31.3 Å². The molecule has 5 nitrogen and oxygen atoms in total. The third kappa shape index (κ3) is 35.9. The third-order valence-electron chi connectivity index (χ3n) is 9.32. The Labute approximate surface area is 304 Å². The van der Waals surface area contributed by atoms with Crippen LogP contribution >= 0.6 is 0 Å². The first-order valence-corrected chi connectivity index (χ1v) is 20.9. The highest BCUT2D eigenvalue weighted by Crippen LogP contribution is 2.13. The lowest BCUT2D eigenvalue weighted by molar-refractivity contribution is -0.124. The number of rotatable bonds is 37. The number of aliphatic hydroxyl groups excluding tert-OH is 3. The van der Waals surface area contributed by atoms with Crippen molar-refractivity contribution < 1.29 is 20.1 Å². The number of hydrogen-bond acceptors (Lipinski definition) is 4. The summed E-state index contributed by atoms with van der Waals surface area (Å²) in [5, 5.41) is 33.1. The van der Waals surface area contributed by atoms with E-state index >= 15 is 0 Å². The van der Waals surface area contributed by atoms with Crippen LogP contribution in [0.15, 0.2) is 48.6 Å². The molecule has 0 saturated carbocycles. The lowest BCUT2D eigenvalue weighted by Crippen LogP contribution is -2.45. The molecule has 3 unspecified atom stereocenters. The second-order valence-electron chi connectivity index (χ2n) is 14.2. The molecule has 0 aromatic carbocycles. The third-order valence-corrected chi connectivity index (χ3v) is 9.32. The second kappa shape index (κ2) is 39.1. The zero-order valence-electron chi connectivity index (χ0n) is 32.3. The molecule has 0 bridgehead atoms. The van der Waals surface area contributed by atoms with Gasteiger partial charge in [0.15, 0.2) is 0 Å². The smallest absolute Gasteiger partial charge is 0.222 e. The summed E-state index contributed by atoms with van der Waals surface area (Å²) < 4.78 is 0. The maximum absolute atomic E-state index is 12.4. The zero-order valence-corrected chi connectivity index (χ0v) is 32.3. The minimum absolute atomic E-state index is 0.00935. The fourth-order valence-electron chi connectivity index (χ4n) is 6.07. The molecule has 0 radical (unpaired) electrons. The minimum atomic E-state index is -0.963. The number of aliphatic hydroxyl groups is 3. The summed E-state index contributed by atoms with van der Waals surface area (Å²) in [5.74, 6) is -0.340. The lowest BCUT2D eigenvalue weighted by atomic mass is 10.1. The molecule has 0 aliphatic heterocycles. The van der Waals surface area contributed by atoms with E-state index in [4.69, 9.17) is 0 Å². The Kier molecular flexibility index (Phi) is 37.8. The van der Waals surface area contributed by atoms with Crippen LogP contribution in [0.25, 0.3) is 0 Å². The van der Waals surface area contributed by atoms with E-state index in [9.17, 15) is 20.1 Å². The van der Waals surface area contributed by atoms with Crippen LogP contribution in [-0.2, 0) is 4.79 Å². The van der Waals surface area contributed by atoms with E-state index in [2.05, 4.69) is 55.6 Å². The maximum Gasteiger partial charge on any atom is 0.222 e. The molecule has 0 spiro atoms.